The predicted molar refractivity (Wildman–Crippen MR) is 74.5 cm³/mol. The summed E-state index contributed by atoms with van der Waals surface area (Å²) in [6.45, 7) is 4.37. The highest BCUT2D eigenvalue weighted by atomic mass is 79.9. The Balaban J connectivity index is 2.19. The Kier molecular flexibility index (Phi) is 4.20. The molecule has 17 heavy (non-hydrogen) atoms. The van der Waals surface area contributed by atoms with Gasteiger partial charge in [-0.25, -0.2) is 4.98 Å². The average molecular weight is 299 g/mol. The van der Waals surface area contributed by atoms with Gasteiger partial charge in [0.05, 0.1) is 4.47 Å². The molecule has 4 nitrogen and oxygen atoms in total. The number of halogens is 1. The van der Waals surface area contributed by atoms with Crippen LogP contribution < -0.4 is 10.2 Å². The minimum atomic E-state index is 0.681. The van der Waals surface area contributed by atoms with E-state index in [1.165, 1.54) is 12.8 Å². The molecule has 0 radical (unpaired) electrons. The Bertz CT molecular complexity index is 379. The third kappa shape index (κ3) is 3.31. The van der Waals surface area contributed by atoms with E-state index in [4.69, 9.17) is 0 Å². The molecule has 0 aliphatic heterocycles. The van der Waals surface area contributed by atoms with Crippen LogP contribution in [0.25, 0.3) is 0 Å². The molecule has 0 atom stereocenters. The van der Waals surface area contributed by atoms with Gasteiger partial charge in [-0.15, -0.1) is 0 Å². The van der Waals surface area contributed by atoms with E-state index in [9.17, 15) is 0 Å². The summed E-state index contributed by atoms with van der Waals surface area (Å²) in [6, 6.07) is 0. The molecule has 0 amide bonds. The average Bonchev–Trinajstić information content (AvgIpc) is 3.13. The molecule has 0 aromatic carbocycles. The van der Waals surface area contributed by atoms with Crippen LogP contribution in [0, 0.1) is 5.92 Å². The molecule has 1 aromatic rings. The SMILES string of the molecule is CCCN(CC1CC1)c1nc(NC)ncc1Br. The van der Waals surface area contributed by atoms with E-state index in [2.05, 4.69) is 43.0 Å². The number of hydrogen-bond donors (Lipinski definition) is 1. The first-order chi connectivity index (χ1) is 8.24. The lowest BCUT2D eigenvalue weighted by Gasteiger charge is -2.24. The predicted octanol–water partition coefficient (Wildman–Crippen LogP) is 2.91. The zero-order valence-electron chi connectivity index (χ0n) is 10.4. The summed E-state index contributed by atoms with van der Waals surface area (Å²) in [7, 11) is 1.85. The van der Waals surface area contributed by atoms with Gasteiger partial charge in [0.1, 0.15) is 5.82 Å². The summed E-state index contributed by atoms with van der Waals surface area (Å²) in [5.41, 5.74) is 0. The maximum Gasteiger partial charge on any atom is 0.224 e. The van der Waals surface area contributed by atoms with Crippen LogP contribution in [0.3, 0.4) is 0 Å². The molecular formula is C12H19BrN4. The van der Waals surface area contributed by atoms with Crippen LogP contribution in [0.5, 0.6) is 0 Å². The minimum Gasteiger partial charge on any atom is -0.357 e. The van der Waals surface area contributed by atoms with Gasteiger partial charge >= 0.3 is 0 Å². The first kappa shape index (κ1) is 12.6. The van der Waals surface area contributed by atoms with E-state index in [0.717, 1.165) is 35.7 Å². The number of hydrogen-bond acceptors (Lipinski definition) is 4. The van der Waals surface area contributed by atoms with E-state index in [1.807, 2.05) is 13.2 Å². The van der Waals surface area contributed by atoms with Crippen molar-refractivity contribution in [1.29, 1.82) is 0 Å². The summed E-state index contributed by atoms with van der Waals surface area (Å²) in [5.74, 6) is 2.56. The number of aromatic nitrogens is 2. The van der Waals surface area contributed by atoms with E-state index in [-0.39, 0.29) is 0 Å². The van der Waals surface area contributed by atoms with Crippen molar-refractivity contribution in [2.75, 3.05) is 30.4 Å². The Hall–Kier alpha value is -0.840. The summed E-state index contributed by atoms with van der Waals surface area (Å²) in [4.78, 5) is 11.1. The van der Waals surface area contributed by atoms with Crippen LogP contribution in [0.1, 0.15) is 26.2 Å². The van der Waals surface area contributed by atoms with Crippen LogP contribution >= 0.6 is 15.9 Å². The fourth-order valence-corrected chi connectivity index (χ4v) is 2.31. The second-order valence-corrected chi connectivity index (χ2v) is 5.36. The summed E-state index contributed by atoms with van der Waals surface area (Å²) < 4.78 is 0.977. The maximum atomic E-state index is 4.55. The second-order valence-electron chi connectivity index (χ2n) is 4.50. The molecular weight excluding hydrogens is 280 g/mol. The molecule has 1 aromatic heterocycles. The second kappa shape index (κ2) is 5.67. The van der Waals surface area contributed by atoms with Gasteiger partial charge in [0.15, 0.2) is 0 Å². The number of rotatable bonds is 6. The standard InChI is InChI=1S/C12H19BrN4/c1-3-6-17(8-9-4-5-9)11-10(13)7-15-12(14-2)16-11/h7,9H,3-6,8H2,1-2H3,(H,14,15,16). The number of nitrogens with zero attached hydrogens (tertiary/aromatic N) is 3. The molecule has 0 bridgehead atoms. The van der Waals surface area contributed by atoms with Crippen molar-refractivity contribution in [2.45, 2.75) is 26.2 Å². The molecule has 0 saturated heterocycles. The van der Waals surface area contributed by atoms with E-state index < -0.39 is 0 Å². The van der Waals surface area contributed by atoms with Crippen LogP contribution in [-0.4, -0.2) is 30.1 Å². The van der Waals surface area contributed by atoms with Crippen molar-refractivity contribution >= 4 is 27.7 Å². The molecule has 94 valence electrons. The van der Waals surface area contributed by atoms with Gasteiger partial charge in [0, 0.05) is 26.3 Å². The quantitative estimate of drug-likeness (QED) is 0.877. The van der Waals surface area contributed by atoms with Crippen LogP contribution in [-0.2, 0) is 0 Å². The zero-order valence-corrected chi connectivity index (χ0v) is 12.0. The highest BCUT2D eigenvalue weighted by Crippen LogP contribution is 2.33. The van der Waals surface area contributed by atoms with Crippen LogP contribution in [0.2, 0.25) is 0 Å². The number of nitrogens with one attached hydrogen (secondary N) is 1. The monoisotopic (exact) mass is 298 g/mol. The zero-order chi connectivity index (χ0) is 12.3. The molecule has 0 spiro atoms. The van der Waals surface area contributed by atoms with Crippen molar-refractivity contribution in [3.63, 3.8) is 0 Å². The van der Waals surface area contributed by atoms with Gasteiger partial charge in [-0.3, -0.25) is 0 Å². The summed E-state index contributed by atoms with van der Waals surface area (Å²) in [5, 5.41) is 2.99. The van der Waals surface area contributed by atoms with Gasteiger partial charge in [-0.05, 0) is 41.1 Å². The fourth-order valence-electron chi connectivity index (χ4n) is 1.87. The summed E-state index contributed by atoms with van der Waals surface area (Å²) >= 11 is 3.55. The minimum absolute atomic E-state index is 0.681. The topological polar surface area (TPSA) is 41.1 Å². The van der Waals surface area contributed by atoms with Crippen molar-refractivity contribution in [3.8, 4) is 0 Å². The van der Waals surface area contributed by atoms with Crippen molar-refractivity contribution in [1.82, 2.24) is 9.97 Å². The lowest BCUT2D eigenvalue weighted by molar-refractivity contribution is 0.697. The molecule has 1 aliphatic carbocycles. The van der Waals surface area contributed by atoms with E-state index in [0.29, 0.717) is 5.95 Å². The Morgan fingerprint density at radius 2 is 2.29 bits per heavy atom. The van der Waals surface area contributed by atoms with Crippen molar-refractivity contribution in [3.05, 3.63) is 10.7 Å². The Morgan fingerprint density at radius 1 is 1.53 bits per heavy atom. The number of anilines is 2. The smallest absolute Gasteiger partial charge is 0.224 e. The Morgan fingerprint density at radius 3 is 2.88 bits per heavy atom. The normalized spacial score (nSPS) is 14.8. The highest BCUT2D eigenvalue weighted by molar-refractivity contribution is 9.10. The molecule has 1 fully saturated rings. The largest absolute Gasteiger partial charge is 0.357 e. The van der Waals surface area contributed by atoms with Crippen molar-refractivity contribution in [2.24, 2.45) is 5.92 Å². The van der Waals surface area contributed by atoms with Gasteiger partial charge in [0.25, 0.3) is 0 Å². The van der Waals surface area contributed by atoms with Gasteiger partial charge in [-0.1, -0.05) is 6.92 Å². The highest BCUT2D eigenvalue weighted by Gasteiger charge is 2.25. The molecule has 5 heteroatoms. The first-order valence-corrected chi connectivity index (χ1v) is 6.99. The molecule has 1 saturated carbocycles. The third-order valence-electron chi connectivity index (χ3n) is 2.92. The lowest BCUT2D eigenvalue weighted by Crippen LogP contribution is -2.28. The third-order valence-corrected chi connectivity index (χ3v) is 3.48. The molecule has 1 aliphatic rings. The van der Waals surface area contributed by atoms with Crippen LogP contribution in [0.4, 0.5) is 11.8 Å². The molecule has 0 unspecified atom stereocenters. The summed E-state index contributed by atoms with van der Waals surface area (Å²) in [6.07, 6.45) is 5.69. The first-order valence-electron chi connectivity index (χ1n) is 6.19. The van der Waals surface area contributed by atoms with Gasteiger partial charge in [-0.2, -0.15) is 4.98 Å². The molecule has 2 rings (SSSR count). The van der Waals surface area contributed by atoms with Gasteiger partial charge < -0.3 is 10.2 Å². The van der Waals surface area contributed by atoms with E-state index in [1.54, 1.807) is 0 Å². The van der Waals surface area contributed by atoms with Crippen LogP contribution in [0.15, 0.2) is 10.7 Å². The molecule has 1 N–H and O–H groups in total. The lowest BCUT2D eigenvalue weighted by atomic mass is 10.3. The van der Waals surface area contributed by atoms with Gasteiger partial charge in [0.2, 0.25) is 5.95 Å². The maximum absolute atomic E-state index is 4.55. The Labute approximate surface area is 111 Å². The van der Waals surface area contributed by atoms with Crippen molar-refractivity contribution < 1.29 is 0 Å². The van der Waals surface area contributed by atoms with E-state index >= 15 is 0 Å². The molecule has 1 heterocycles. The fraction of sp³-hybridized carbons (Fsp3) is 0.667.